The van der Waals surface area contributed by atoms with Crippen LogP contribution in [0.5, 0.6) is 0 Å². The highest BCUT2D eigenvalue weighted by molar-refractivity contribution is 6.39. The molecule has 4 heteroatoms. The van der Waals surface area contributed by atoms with E-state index in [1.54, 1.807) is 36.4 Å². The lowest BCUT2D eigenvalue weighted by atomic mass is 9.38. The van der Waals surface area contributed by atoms with Crippen LogP contribution in [-0.4, -0.2) is 23.1 Å². The molecule has 0 N–H and O–H groups in total. The van der Waals surface area contributed by atoms with Crippen LogP contribution in [-0.2, 0) is 14.4 Å². The first kappa shape index (κ1) is 27.7. The molecule has 2 saturated carbocycles. The van der Waals surface area contributed by atoms with Crippen LogP contribution in [0.3, 0.4) is 0 Å². The van der Waals surface area contributed by atoms with E-state index >= 15 is 0 Å². The molecule has 192 valence electrons. The van der Waals surface area contributed by atoms with Crippen molar-refractivity contribution < 1.29 is 19.2 Å². The van der Waals surface area contributed by atoms with E-state index in [0.29, 0.717) is 18.4 Å². The summed E-state index contributed by atoms with van der Waals surface area (Å²) in [5.41, 5.74) is -0.466. The van der Waals surface area contributed by atoms with Crippen molar-refractivity contribution in [2.45, 2.75) is 74.7 Å². The van der Waals surface area contributed by atoms with Crippen LogP contribution in [0.2, 0.25) is 0 Å². The second kappa shape index (κ2) is 9.88. The highest BCUT2D eigenvalue weighted by Crippen LogP contribution is 2.64. The molecular weight excluding hydrogens is 448 g/mol. The molecule has 0 aromatic heterocycles. The molecule has 0 heterocycles. The maximum absolute atomic E-state index is 14.6. The SMILES string of the molecule is CC(C)=CC[C@H]1C[C@@]2(CC=C(C)C)C(=O)C(C(=O)c3ccccc3)C(=O)[C@](C=C(C)C)(C2=O)C1(C)C. The first-order chi connectivity index (χ1) is 16.7. The molecule has 2 bridgehead atoms. The molecule has 4 atom stereocenters. The van der Waals surface area contributed by atoms with E-state index in [1.165, 1.54) is 0 Å². The minimum Gasteiger partial charge on any atom is -0.297 e. The standard InChI is InChI=1S/C32H40O4/c1-20(2)14-15-24-19-31(17-16-21(3)4)27(34)25(26(33)23-12-10-9-11-13-23)28(35)32(29(31)36,18-22(5)6)30(24,7)8/h9-14,16,18,24-25H,15,17,19H2,1-8H3/t24-,25?,31-,32+/m0/s1. The Morgan fingerprint density at radius 2 is 1.44 bits per heavy atom. The van der Waals surface area contributed by atoms with Crippen molar-refractivity contribution in [3.63, 3.8) is 0 Å². The Labute approximate surface area is 215 Å². The van der Waals surface area contributed by atoms with Crippen LogP contribution in [0.1, 0.15) is 85.0 Å². The first-order valence-electron chi connectivity index (χ1n) is 12.9. The third-order valence-electron chi connectivity index (χ3n) is 8.30. The molecule has 2 aliphatic carbocycles. The number of Topliss-reactive ketones (excluding diaryl/α,β-unsaturated/α-hetero) is 4. The molecule has 0 radical (unpaired) electrons. The van der Waals surface area contributed by atoms with E-state index in [0.717, 1.165) is 16.7 Å². The molecule has 3 rings (SSSR count). The molecule has 2 fully saturated rings. The number of ketones is 4. The molecule has 1 aromatic carbocycles. The third kappa shape index (κ3) is 4.29. The number of benzene rings is 1. The molecule has 0 spiro atoms. The fourth-order valence-corrected chi connectivity index (χ4v) is 6.20. The van der Waals surface area contributed by atoms with Gasteiger partial charge in [0.25, 0.3) is 0 Å². The maximum Gasteiger partial charge on any atom is 0.180 e. The molecule has 0 amide bonds. The fraction of sp³-hybridized carbons (Fsp3) is 0.500. The summed E-state index contributed by atoms with van der Waals surface area (Å²) in [7, 11) is 0. The highest BCUT2D eigenvalue weighted by atomic mass is 16.2. The van der Waals surface area contributed by atoms with Gasteiger partial charge in [-0.2, -0.15) is 0 Å². The summed E-state index contributed by atoms with van der Waals surface area (Å²) in [5, 5.41) is 0. The number of hydrogen-bond acceptors (Lipinski definition) is 4. The molecule has 4 nitrogen and oxygen atoms in total. The summed E-state index contributed by atoms with van der Waals surface area (Å²) >= 11 is 0. The van der Waals surface area contributed by atoms with E-state index < -0.39 is 39.5 Å². The third-order valence-corrected chi connectivity index (χ3v) is 8.30. The lowest BCUT2D eigenvalue weighted by molar-refractivity contribution is -0.177. The van der Waals surface area contributed by atoms with Crippen LogP contribution < -0.4 is 0 Å². The summed E-state index contributed by atoms with van der Waals surface area (Å²) in [5.74, 6) is -3.52. The number of carbonyl (C=O) groups is 4. The number of allylic oxidation sites excluding steroid dienone is 6. The minimum atomic E-state index is -1.55. The van der Waals surface area contributed by atoms with Gasteiger partial charge < -0.3 is 0 Å². The van der Waals surface area contributed by atoms with Gasteiger partial charge in [0.1, 0.15) is 11.3 Å². The predicted octanol–water partition coefficient (Wildman–Crippen LogP) is 6.90. The van der Waals surface area contributed by atoms with E-state index in [-0.39, 0.29) is 18.1 Å². The second-order valence-corrected chi connectivity index (χ2v) is 12.0. The second-order valence-electron chi connectivity index (χ2n) is 12.0. The molecule has 36 heavy (non-hydrogen) atoms. The van der Waals surface area contributed by atoms with Crippen molar-refractivity contribution in [3.05, 3.63) is 70.8 Å². The summed E-state index contributed by atoms with van der Waals surface area (Å²) < 4.78 is 0. The van der Waals surface area contributed by atoms with Gasteiger partial charge in [0.05, 0.1) is 5.41 Å². The Morgan fingerprint density at radius 1 is 0.861 bits per heavy atom. The first-order valence-corrected chi connectivity index (χ1v) is 12.9. The normalized spacial score (nSPS) is 28.8. The highest BCUT2D eigenvalue weighted by Gasteiger charge is 2.74. The van der Waals surface area contributed by atoms with Crippen LogP contribution in [0.15, 0.2) is 65.3 Å². The minimum absolute atomic E-state index is 0.0908. The average molecular weight is 489 g/mol. The quantitative estimate of drug-likeness (QED) is 0.238. The van der Waals surface area contributed by atoms with Gasteiger partial charge in [0.2, 0.25) is 0 Å². The van der Waals surface area contributed by atoms with Crippen LogP contribution >= 0.6 is 0 Å². The summed E-state index contributed by atoms with van der Waals surface area (Å²) in [4.78, 5) is 57.1. The van der Waals surface area contributed by atoms with Crippen molar-refractivity contribution >= 4 is 23.1 Å². The summed E-state index contributed by atoms with van der Waals surface area (Å²) in [6.07, 6.45) is 7.01. The van der Waals surface area contributed by atoms with Crippen molar-refractivity contribution in [1.82, 2.24) is 0 Å². The maximum atomic E-state index is 14.6. The zero-order valence-electron chi connectivity index (χ0n) is 23.0. The zero-order valence-corrected chi connectivity index (χ0v) is 23.0. The van der Waals surface area contributed by atoms with Gasteiger partial charge in [-0.15, -0.1) is 0 Å². The molecule has 2 aliphatic rings. The van der Waals surface area contributed by atoms with Crippen molar-refractivity contribution in [3.8, 4) is 0 Å². The van der Waals surface area contributed by atoms with E-state index in [9.17, 15) is 19.2 Å². The molecule has 0 saturated heterocycles. The Hall–Kier alpha value is -2.88. The molecule has 1 unspecified atom stereocenters. The van der Waals surface area contributed by atoms with Gasteiger partial charge in [-0.25, -0.2) is 0 Å². The molecule has 1 aromatic rings. The monoisotopic (exact) mass is 488 g/mol. The molecular formula is C32H40O4. The van der Waals surface area contributed by atoms with Gasteiger partial charge in [-0.05, 0) is 72.1 Å². The van der Waals surface area contributed by atoms with Crippen LogP contribution in [0.4, 0.5) is 0 Å². The zero-order chi connectivity index (χ0) is 27.1. The Bertz CT molecular complexity index is 1170. The number of fused-ring (bicyclic) bond motifs is 2. The van der Waals surface area contributed by atoms with Gasteiger partial charge in [-0.3, -0.25) is 19.2 Å². The molecule has 0 aliphatic heterocycles. The Kier molecular flexibility index (Phi) is 7.60. The lowest BCUT2D eigenvalue weighted by Gasteiger charge is -2.60. The summed E-state index contributed by atoms with van der Waals surface area (Å²) in [6, 6.07) is 8.50. The van der Waals surface area contributed by atoms with E-state index in [2.05, 4.69) is 6.08 Å². The largest absolute Gasteiger partial charge is 0.297 e. The van der Waals surface area contributed by atoms with Gasteiger partial charge in [-0.1, -0.05) is 79.1 Å². The number of hydrogen-bond donors (Lipinski definition) is 0. The van der Waals surface area contributed by atoms with Crippen LogP contribution in [0, 0.1) is 28.1 Å². The number of carbonyl (C=O) groups excluding carboxylic acids is 4. The fourth-order valence-electron chi connectivity index (χ4n) is 6.20. The van der Waals surface area contributed by atoms with Gasteiger partial charge >= 0.3 is 0 Å². The van der Waals surface area contributed by atoms with Gasteiger partial charge in [0.15, 0.2) is 23.1 Å². The number of rotatable bonds is 7. The Morgan fingerprint density at radius 3 is 1.97 bits per heavy atom. The van der Waals surface area contributed by atoms with Crippen molar-refractivity contribution in [1.29, 1.82) is 0 Å². The van der Waals surface area contributed by atoms with Crippen LogP contribution in [0.25, 0.3) is 0 Å². The predicted molar refractivity (Wildman–Crippen MR) is 144 cm³/mol. The smallest absolute Gasteiger partial charge is 0.180 e. The topological polar surface area (TPSA) is 68.3 Å². The van der Waals surface area contributed by atoms with Gasteiger partial charge in [0, 0.05) is 5.56 Å². The van der Waals surface area contributed by atoms with E-state index in [4.69, 9.17) is 0 Å². The van der Waals surface area contributed by atoms with Crippen molar-refractivity contribution in [2.75, 3.05) is 0 Å². The van der Waals surface area contributed by atoms with E-state index in [1.807, 2.05) is 61.5 Å². The Balaban J connectivity index is 2.37. The van der Waals surface area contributed by atoms with Crippen molar-refractivity contribution in [2.24, 2.45) is 28.1 Å². The average Bonchev–Trinajstić information content (AvgIpc) is 2.80. The lowest BCUT2D eigenvalue weighted by Crippen LogP contribution is -2.71. The summed E-state index contributed by atoms with van der Waals surface area (Å²) in [6.45, 7) is 15.6.